The first-order valence-electron chi connectivity index (χ1n) is 6.85. The van der Waals surface area contributed by atoms with E-state index < -0.39 is 5.97 Å². The van der Waals surface area contributed by atoms with Crippen molar-refractivity contribution in [2.24, 2.45) is 5.41 Å². The minimum atomic E-state index is -0.972. The highest BCUT2D eigenvalue weighted by atomic mass is 16.4. The number of hydrogen-bond donors (Lipinski definition) is 2. The second kappa shape index (κ2) is 5.63. The van der Waals surface area contributed by atoms with Crippen LogP contribution in [0.3, 0.4) is 0 Å². The number of fused-ring (bicyclic) bond motifs is 1. The van der Waals surface area contributed by atoms with Crippen molar-refractivity contribution >= 4 is 17.0 Å². The Balaban J connectivity index is 2.47. The molecule has 1 aromatic carbocycles. The van der Waals surface area contributed by atoms with Crippen LogP contribution >= 0.6 is 0 Å². The highest BCUT2D eigenvalue weighted by molar-refractivity contribution is 6.00. The van der Waals surface area contributed by atoms with Crippen LogP contribution in [0.5, 0.6) is 0 Å². The van der Waals surface area contributed by atoms with Crippen LogP contribution in [-0.2, 0) is 6.54 Å². The summed E-state index contributed by atoms with van der Waals surface area (Å²) >= 11 is 0. The summed E-state index contributed by atoms with van der Waals surface area (Å²) in [6.07, 6.45) is 3.38. The molecule has 0 aliphatic carbocycles. The van der Waals surface area contributed by atoms with Crippen LogP contribution < -0.4 is 0 Å². The van der Waals surface area contributed by atoms with Gasteiger partial charge in [0, 0.05) is 12.0 Å². The number of carboxylic acid groups (broad SMARTS) is 1. The van der Waals surface area contributed by atoms with Gasteiger partial charge in [0.2, 0.25) is 0 Å². The first kappa shape index (κ1) is 14.5. The third kappa shape index (κ3) is 2.41. The number of aromatic carboxylic acids is 1. The van der Waals surface area contributed by atoms with E-state index in [1.54, 1.807) is 18.5 Å². The zero-order valence-corrected chi connectivity index (χ0v) is 11.8. The average Bonchev–Trinajstić information content (AvgIpc) is 2.87. The number of aliphatic hydroxyl groups is 1. The summed E-state index contributed by atoms with van der Waals surface area (Å²) in [4.78, 5) is 15.4. The fraction of sp³-hybridized carbons (Fsp3) is 0.467. The van der Waals surface area contributed by atoms with E-state index in [2.05, 4.69) is 18.8 Å². The topological polar surface area (TPSA) is 75.3 Å². The van der Waals surface area contributed by atoms with Gasteiger partial charge < -0.3 is 14.8 Å². The van der Waals surface area contributed by atoms with Crippen molar-refractivity contribution in [1.82, 2.24) is 9.55 Å². The van der Waals surface area contributed by atoms with Crippen LogP contribution in [0.1, 0.15) is 37.0 Å². The summed E-state index contributed by atoms with van der Waals surface area (Å²) in [7, 11) is 0. The second-order valence-corrected chi connectivity index (χ2v) is 5.22. The maximum atomic E-state index is 11.2. The van der Waals surface area contributed by atoms with Gasteiger partial charge in [0.25, 0.3) is 0 Å². The Labute approximate surface area is 117 Å². The SMILES string of the molecule is CCC(CC)(CO)Cn1cnc2c(C(=O)O)cccc21. The predicted octanol–water partition coefficient (Wildman–Crippen LogP) is 2.53. The normalized spacial score (nSPS) is 11.9. The summed E-state index contributed by atoms with van der Waals surface area (Å²) in [6, 6.07) is 5.14. The van der Waals surface area contributed by atoms with E-state index in [9.17, 15) is 15.0 Å². The third-order valence-electron chi connectivity index (χ3n) is 4.22. The standard InChI is InChI=1S/C15H20N2O3/c1-3-15(4-2,9-18)8-17-10-16-13-11(14(19)20)6-5-7-12(13)17/h5-7,10,18H,3-4,8-9H2,1-2H3,(H,19,20). The predicted molar refractivity (Wildman–Crippen MR) is 76.8 cm³/mol. The van der Waals surface area contributed by atoms with Crippen molar-refractivity contribution in [3.63, 3.8) is 0 Å². The van der Waals surface area contributed by atoms with Gasteiger partial charge in [-0.05, 0) is 25.0 Å². The van der Waals surface area contributed by atoms with Crippen LogP contribution in [0.2, 0.25) is 0 Å². The average molecular weight is 276 g/mol. The molecule has 0 unspecified atom stereocenters. The van der Waals surface area contributed by atoms with Gasteiger partial charge in [0.15, 0.2) is 0 Å². The van der Waals surface area contributed by atoms with Gasteiger partial charge in [-0.15, -0.1) is 0 Å². The number of aromatic nitrogens is 2. The van der Waals surface area contributed by atoms with Crippen LogP contribution in [0.15, 0.2) is 24.5 Å². The molecule has 20 heavy (non-hydrogen) atoms. The molecule has 2 aromatic rings. The van der Waals surface area contributed by atoms with E-state index in [4.69, 9.17) is 0 Å². The molecule has 0 aliphatic heterocycles. The second-order valence-electron chi connectivity index (χ2n) is 5.22. The fourth-order valence-electron chi connectivity index (χ4n) is 2.50. The van der Waals surface area contributed by atoms with E-state index in [-0.39, 0.29) is 17.6 Å². The number of imidazole rings is 1. The summed E-state index contributed by atoms with van der Waals surface area (Å²) in [5.41, 5.74) is 1.32. The summed E-state index contributed by atoms with van der Waals surface area (Å²) in [5, 5.41) is 18.8. The Morgan fingerprint density at radius 1 is 1.35 bits per heavy atom. The smallest absolute Gasteiger partial charge is 0.337 e. The summed E-state index contributed by atoms with van der Waals surface area (Å²) in [5.74, 6) is -0.972. The van der Waals surface area contributed by atoms with Gasteiger partial charge >= 0.3 is 5.97 Å². The Bertz CT molecular complexity index is 606. The lowest BCUT2D eigenvalue weighted by Gasteiger charge is -2.29. The van der Waals surface area contributed by atoms with E-state index in [1.807, 2.05) is 10.6 Å². The largest absolute Gasteiger partial charge is 0.478 e. The highest BCUT2D eigenvalue weighted by Crippen LogP contribution is 2.30. The molecule has 1 aromatic heterocycles. The number of nitrogens with zero attached hydrogens (tertiary/aromatic N) is 2. The van der Waals surface area contributed by atoms with Gasteiger partial charge in [-0.25, -0.2) is 9.78 Å². The zero-order valence-electron chi connectivity index (χ0n) is 11.8. The van der Waals surface area contributed by atoms with Gasteiger partial charge in [-0.1, -0.05) is 19.9 Å². The molecule has 0 radical (unpaired) electrons. The molecule has 0 saturated carbocycles. The third-order valence-corrected chi connectivity index (χ3v) is 4.22. The molecule has 0 amide bonds. The van der Waals surface area contributed by atoms with Crippen molar-refractivity contribution in [2.75, 3.05) is 6.61 Å². The molecule has 5 heteroatoms. The Morgan fingerprint density at radius 3 is 2.60 bits per heavy atom. The molecule has 0 atom stereocenters. The molecule has 1 heterocycles. The molecule has 0 aliphatic rings. The van der Waals surface area contributed by atoms with Gasteiger partial charge in [0.1, 0.15) is 5.52 Å². The van der Waals surface area contributed by atoms with E-state index in [1.165, 1.54) is 0 Å². The van der Waals surface area contributed by atoms with Crippen LogP contribution in [-0.4, -0.2) is 32.3 Å². The fourth-order valence-corrected chi connectivity index (χ4v) is 2.50. The molecule has 0 bridgehead atoms. The first-order chi connectivity index (χ1) is 9.56. The van der Waals surface area contributed by atoms with E-state index >= 15 is 0 Å². The molecular weight excluding hydrogens is 256 g/mol. The number of para-hydroxylation sites is 1. The van der Waals surface area contributed by atoms with Crippen LogP contribution in [0, 0.1) is 5.41 Å². The quantitative estimate of drug-likeness (QED) is 0.850. The Kier molecular flexibility index (Phi) is 4.09. The maximum absolute atomic E-state index is 11.2. The lowest BCUT2D eigenvalue weighted by atomic mass is 9.83. The summed E-state index contributed by atoms with van der Waals surface area (Å²) < 4.78 is 1.94. The molecule has 108 valence electrons. The van der Waals surface area contributed by atoms with E-state index in [0.29, 0.717) is 12.1 Å². The minimum Gasteiger partial charge on any atom is -0.478 e. The number of carboxylic acids is 1. The van der Waals surface area contributed by atoms with Gasteiger partial charge in [-0.2, -0.15) is 0 Å². The van der Waals surface area contributed by atoms with Crippen molar-refractivity contribution in [2.45, 2.75) is 33.2 Å². The number of rotatable bonds is 6. The number of aliphatic hydroxyl groups excluding tert-OH is 1. The zero-order chi connectivity index (χ0) is 14.8. The lowest BCUT2D eigenvalue weighted by Crippen LogP contribution is -2.29. The Hall–Kier alpha value is -1.88. The van der Waals surface area contributed by atoms with Crippen molar-refractivity contribution < 1.29 is 15.0 Å². The van der Waals surface area contributed by atoms with Crippen molar-refractivity contribution in [3.8, 4) is 0 Å². The lowest BCUT2D eigenvalue weighted by molar-refractivity contribution is 0.0699. The molecular formula is C15H20N2O3. The molecule has 2 N–H and O–H groups in total. The first-order valence-corrected chi connectivity index (χ1v) is 6.85. The van der Waals surface area contributed by atoms with Crippen molar-refractivity contribution in [1.29, 1.82) is 0 Å². The minimum absolute atomic E-state index is 0.109. The van der Waals surface area contributed by atoms with Crippen LogP contribution in [0.4, 0.5) is 0 Å². The van der Waals surface area contributed by atoms with Crippen molar-refractivity contribution in [3.05, 3.63) is 30.1 Å². The summed E-state index contributed by atoms with van der Waals surface area (Å²) in [6.45, 7) is 4.86. The number of benzene rings is 1. The Morgan fingerprint density at radius 2 is 2.05 bits per heavy atom. The molecule has 2 rings (SSSR count). The molecule has 0 spiro atoms. The van der Waals surface area contributed by atoms with E-state index in [0.717, 1.165) is 18.4 Å². The molecule has 5 nitrogen and oxygen atoms in total. The monoisotopic (exact) mass is 276 g/mol. The highest BCUT2D eigenvalue weighted by Gasteiger charge is 2.26. The molecule has 0 fully saturated rings. The van der Waals surface area contributed by atoms with Gasteiger partial charge in [-0.3, -0.25) is 0 Å². The van der Waals surface area contributed by atoms with Gasteiger partial charge in [0.05, 0.1) is 24.0 Å². The number of carbonyl (C=O) groups is 1. The molecule has 0 saturated heterocycles. The number of hydrogen-bond acceptors (Lipinski definition) is 3. The maximum Gasteiger partial charge on any atom is 0.337 e. The van der Waals surface area contributed by atoms with Crippen LogP contribution in [0.25, 0.3) is 11.0 Å².